The Bertz CT molecular complexity index is 532. The van der Waals surface area contributed by atoms with E-state index >= 15 is 0 Å². The van der Waals surface area contributed by atoms with Crippen molar-refractivity contribution in [3.63, 3.8) is 0 Å². The molecule has 100 valence electrons. The molecular weight excluding hydrogens is 250 g/mol. The number of rotatable bonds is 5. The standard InChI is InChI=1S/C13H13NO5/c1-19-11(15)6-5-8-3-2-4-9(10(8)7-14)12(16)13(17)18/h2-4,12,16H,5-6H2,1H3,(H,17,18). The molecule has 0 aliphatic rings. The van der Waals surface area contributed by atoms with Gasteiger partial charge >= 0.3 is 11.9 Å². The van der Waals surface area contributed by atoms with Crippen LogP contribution in [0.1, 0.15) is 29.2 Å². The molecule has 0 bridgehead atoms. The summed E-state index contributed by atoms with van der Waals surface area (Å²) in [5.41, 5.74) is 0.615. The Morgan fingerprint density at radius 2 is 2.16 bits per heavy atom. The summed E-state index contributed by atoms with van der Waals surface area (Å²) in [5, 5.41) is 27.4. The van der Waals surface area contributed by atoms with Crippen molar-refractivity contribution in [1.82, 2.24) is 0 Å². The molecule has 0 spiro atoms. The number of hydrogen-bond acceptors (Lipinski definition) is 5. The van der Waals surface area contributed by atoms with Crippen LogP contribution in [0, 0.1) is 11.3 Å². The highest BCUT2D eigenvalue weighted by Gasteiger charge is 2.21. The van der Waals surface area contributed by atoms with E-state index in [2.05, 4.69) is 4.74 Å². The van der Waals surface area contributed by atoms with Gasteiger partial charge in [0.2, 0.25) is 0 Å². The quantitative estimate of drug-likeness (QED) is 0.760. The lowest BCUT2D eigenvalue weighted by atomic mass is 9.95. The van der Waals surface area contributed by atoms with Crippen LogP contribution in [-0.2, 0) is 20.7 Å². The number of aryl methyl sites for hydroxylation is 1. The van der Waals surface area contributed by atoms with Gasteiger partial charge in [-0.15, -0.1) is 0 Å². The van der Waals surface area contributed by atoms with Crippen molar-refractivity contribution < 1.29 is 24.5 Å². The van der Waals surface area contributed by atoms with Crippen molar-refractivity contribution in [2.24, 2.45) is 0 Å². The first-order valence-electron chi connectivity index (χ1n) is 5.50. The summed E-state index contributed by atoms with van der Waals surface area (Å²) < 4.78 is 4.50. The number of carbonyl (C=O) groups is 2. The van der Waals surface area contributed by atoms with E-state index in [4.69, 9.17) is 10.4 Å². The van der Waals surface area contributed by atoms with Crippen LogP contribution in [0.5, 0.6) is 0 Å². The molecule has 2 N–H and O–H groups in total. The molecule has 1 unspecified atom stereocenters. The first kappa shape index (κ1) is 14.7. The molecule has 0 fully saturated rings. The zero-order chi connectivity index (χ0) is 14.4. The number of esters is 1. The summed E-state index contributed by atoms with van der Waals surface area (Å²) in [6.07, 6.45) is -1.43. The van der Waals surface area contributed by atoms with Gasteiger partial charge in [-0.25, -0.2) is 4.79 Å². The number of aliphatic carboxylic acids is 1. The predicted molar refractivity (Wildman–Crippen MR) is 64.1 cm³/mol. The third kappa shape index (κ3) is 3.53. The number of ether oxygens (including phenoxy) is 1. The van der Waals surface area contributed by atoms with E-state index < -0.39 is 18.0 Å². The Kier molecular flexibility index (Phi) is 5.03. The maximum atomic E-state index is 11.1. The SMILES string of the molecule is COC(=O)CCc1cccc(C(O)C(=O)O)c1C#N. The van der Waals surface area contributed by atoms with Crippen molar-refractivity contribution in [1.29, 1.82) is 5.26 Å². The molecule has 0 aliphatic heterocycles. The van der Waals surface area contributed by atoms with Gasteiger partial charge in [-0.1, -0.05) is 18.2 Å². The number of aliphatic hydroxyl groups is 1. The molecule has 0 radical (unpaired) electrons. The molecule has 1 atom stereocenters. The third-order valence-electron chi connectivity index (χ3n) is 2.65. The smallest absolute Gasteiger partial charge is 0.337 e. The fourth-order valence-electron chi connectivity index (χ4n) is 1.66. The molecule has 1 rings (SSSR count). The molecule has 1 aromatic carbocycles. The lowest BCUT2D eigenvalue weighted by Gasteiger charge is -2.11. The van der Waals surface area contributed by atoms with E-state index in [1.165, 1.54) is 19.2 Å². The zero-order valence-electron chi connectivity index (χ0n) is 10.3. The normalized spacial score (nSPS) is 11.4. The minimum absolute atomic E-state index is 0.0253. The lowest BCUT2D eigenvalue weighted by molar-refractivity contribution is -0.147. The molecule has 0 aromatic heterocycles. The molecule has 0 heterocycles. The first-order valence-corrected chi connectivity index (χ1v) is 5.50. The lowest BCUT2D eigenvalue weighted by Crippen LogP contribution is -2.13. The maximum Gasteiger partial charge on any atom is 0.337 e. The van der Waals surface area contributed by atoms with E-state index in [1.54, 1.807) is 6.07 Å². The largest absolute Gasteiger partial charge is 0.479 e. The number of carboxylic acid groups (broad SMARTS) is 1. The average molecular weight is 263 g/mol. The molecule has 0 aliphatic carbocycles. The Balaban J connectivity index is 3.07. The van der Waals surface area contributed by atoms with Gasteiger partial charge in [-0.2, -0.15) is 5.26 Å². The first-order chi connectivity index (χ1) is 9.01. The average Bonchev–Trinajstić information content (AvgIpc) is 2.42. The second-order valence-electron chi connectivity index (χ2n) is 3.81. The van der Waals surface area contributed by atoms with Crippen LogP contribution in [0.25, 0.3) is 0 Å². The molecule has 0 saturated heterocycles. The Morgan fingerprint density at radius 1 is 1.47 bits per heavy atom. The monoisotopic (exact) mass is 263 g/mol. The highest BCUT2D eigenvalue weighted by molar-refractivity contribution is 5.75. The van der Waals surface area contributed by atoms with Gasteiger partial charge in [0.25, 0.3) is 0 Å². The summed E-state index contributed by atoms with van der Waals surface area (Å²) in [5.74, 6) is -1.85. The van der Waals surface area contributed by atoms with Gasteiger partial charge in [0.15, 0.2) is 6.10 Å². The fourth-order valence-corrected chi connectivity index (χ4v) is 1.66. The van der Waals surface area contributed by atoms with Crippen LogP contribution in [0.3, 0.4) is 0 Å². The summed E-state index contributed by atoms with van der Waals surface area (Å²) >= 11 is 0. The highest BCUT2D eigenvalue weighted by atomic mass is 16.5. The van der Waals surface area contributed by atoms with Gasteiger partial charge in [0, 0.05) is 12.0 Å². The molecule has 1 aromatic rings. The van der Waals surface area contributed by atoms with Gasteiger partial charge < -0.3 is 14.9 Å². The van der Waals surface area contributed by atoms with E-state index in [-0.39, 0.29) is 24.0 Å². The maximum absolute atomic E-state index is 11.1. The number of carboxylic acids is 1. The second-order valence-corrected chi connectivity index (χ2v) is 3.81. The van der Waals surface area contributed by atoms with Crippen molar-refractivity contribution >= 4 is 11.9 Å². The Labute approximate surface area is 109 Å². The molecule has 0 saturated carbocycles. The second kappa shape index (κ2) is 6.52. The van der Waals surface area contributed by atoms with Crippen LogP contribution >= 0.6 is 0 Å². The molecule has 19 heavy (non-hydrogen) atoms. The summed E-state index contributed by atoms with van der Waals surface area (Å²) in [6.45, 7) is 0. The van der Waals surface area contributed by atoms with Gasteiger partial charge in [0.05, 0.1) is 18.7 Å². The van der Waals surface area contributed by atoms with Crippen molar-refractivity contribution in [3.8, 4) is 6.07 Å². The van der Waals surface area contributed by atoms with E-state index in [9.17, 15) is 14.7 Å². The van der Waals surface area contributed by atoms with Gasteiger partial charge in [-0.3, -0.25) is 4.79 Å². The number of methoxy groups -OCH3 is 1. The minimum atomic E-state index is -1.76. The summed E-state index contributed by atoms with van der Waals surface area (Å²) in [6, 6.07) is 6.39. The molecule has 6 nitrogen and oxygen atoms in total. The topological polar surface area (TPSA) is 108 Å². The van der Waals surface area contributed by atoms with Crippen LogP contribution in [-0.4, -0.2) is 29.3 Å². The van der Waals surface area contributed by atoms with Crippen LogP contribution in [0.15, 0.2) is 18.2 Å². The molecule has 6 heteroatoms. The number of nitriles is 1. The third-order valence-corrected chi connectivity index (χ3v) is 2.65. The molecule has 0 amide bonds. The Hall–Kier alpha value is -2.39. The van der Waals surface area contributed by atoms with E-state index in [1.807, 2.05) is 6.07 Å². The van der Waals surface area contributed by atoms with Crippen LogP contribution < -0.4 is 0 Å². The molecular formula is C13H13NO5. The number of hydrogen-bond donors (Lipinski definition) is 2. The number of carbonyl (C=O) groups excluding carboxylic acids is 1. The summed E-state index contributed by atoms with van der Waals surface area (Å²) in [4.78, 5) is 21.8. The van der Waals surface area contributed by atoms with Crippen molar-refractivity contribution in [3.05, 3.63) is 34.9 Å². The van der Waals surface area contributed by atoms with Crippen LogP contribution in [0.4, 0.5) is 0 Å². The fraction of sp³-hybridized carbons (Fsp3) is 0.308. The number of aliphatic hydroxyl groups excluding tert-OH is 1. The number of nitrogens with zero attached hydrogens (tertiary/aromatic N) is 1. The van der Waals surface area contributed by atoms with E-state index in [0.717, 1.165) is 0 Å². The van der Waals surface area contributed by atoms with Gasteiger partial charge in [0.1, 0.15) is 0 Å². The van der Waals surface area contributed by atoms with Crippen molar-refractivity contribution in [2.45, 2.75) is 18.9 Å². The highest BCUT2D eigenvalue weighted by Crippen LogP contribution is 2.22. The van der Waals surface area contributed by atoms with Crippen molar-refractivity contribution in [2.75, 3.05) is 7.11 Å². The van der Waals surface area contributed by atoms with Crippen LogP contribution in [0.2, 0.25) is 0 Å². The summed E-state index contributed by atoms with van der Waals surface area (Å²) in [7, 11) is 1.26. The number of benzene rings is 1. The zero-order valence-corrected chi connectivity index (χ0v) is 10.3. The predicted octanol–water partition coefficient (Wildman–Crippen LogP) is 0.782. The minimum Gasteiger partial charge on any atom is -0.479 e. The van der Waals surface area contributed by atoms with E-state index in [0.29, 0.717) is 5.56 Å². The van der Waals surface area contributed by atoms with Gasteiger partial charge in [-0.05, 0) is 12.0 Å². The Morgan fingerprint density at radius 3 is 2.68 bits per heavy atom.